The first-order chi connectivity index (χ1) is 11.8. The molecule has 132 valence electrons. The molecule has 0 atom stereocenters. The molecule has 25 heavy (non-hydrogen) atoms. The second-order valence-corrected chi connectivity index (χ2v) is 7.30. The van der Waals surface area contributed by atoms with Gasteiger partial charge in [-0.05, 0) is 47.4 Å². The molecule has 7 nitrogen and oxygen atoms in total. The first-order valence-corrected chi connectivity index (χ1v) is 9.08. The van der Waals surface area contributed by atoms with Crippen molar-refractivity contribution in [2.75, 3.05) is 13.2 Å². The van der Waals surface area contributed by atoms with Gasteiger partial charge in [-0.1, -0.05) is 12.1 Å². The summed E-state index contributed by atoms with van der Waals surface area (Å²) in [6.45, 7) is 1.75. The van der Waals surface area contributed by atoms with Crippen molar-refractivity contribution in [3.05, 3.63) is 41.5 Å². The van der Waals surface area contributed by atoms with E-state index in [0.29, 0.717) is 35.7 Å². The molecule has 1 heterocycles. The lowest BCUT2D eigenvalue weighted by atomic mass is 10.0. The SMILES string of the molecule is Cc1ccc(-c2cc3c(c(S(N)(=O)=O)c2)OCC3)cc1OCC(=O)O. The van der Waals surface area contributed by atoms with Gasteiger partial charge < -0.3 is 14.6 Å². The molecule has 3 N–H and O–H groups in total. The predicted octanol–water partition coefficient (Wildman–Crippen LogP) is 1.71. The van der Waals surface area contributed by atoms with E-state index in [1.165, 1.54) is 6.07 Å². The van der Waals surface area contributed by atoms with Crippen LogP contribution in [0.15, 0.2) is 35.2 Å². The molecule has 0 unspecified atom stereocenters. The van der Waals surface area contributed by atoms with E-state index in [0.717, 1.165) is 11.1 Å². The molecule has 3 rings (SSSR count). The molecule has 0 aromatic heterocycles. The minimum atomic E-state index is -3.93. The number of benzene rings is 2. The molecule has 0 saturated carbocycles. The standard InChI is InChI=1S/C17H17NO6S/c1-10-2-3-11(7-14(10)24-9-16(19)20)13-6-12-4-5-23-17(12)15(8-13)25(18,21)22/h2-3,6-8H,4-5,9H2,1H3,(H,19,20)(H2,18,21,22). The van der Waals surface area contributed by atoms with Gasteiger partial charge in [0.25, 0.3) is 0 Å². The molecule has 0 bridgehead atoms. The minimum absolute atomic E-state index is 0.0499. The molecule has 0 aliphatic carbocycles. The van der Waals surface area contributed by atoms with Gasteiger partial charge in [-0.2, -0.15) is 0 Å². The normalized spacial score (nSPS) is 13.2. The molecule has 0 radical (unpaired) electrons. The van der Waals surface area contributed by atoms with E-state index in [4.69, 9.17) is 19.7 Å². The summed E-state index contributed by atoms with van der Waals surface area (Å²) in [5.74, 6) is -0.342. The van der Waals surface area contributed by atoms with Crippen LogP contribution >= 0.6 is 0 Å². The number of nitrogens with two attached hydrogens (primary N) is 1. The number of hydrogen-bond donors (Lipinski definition) is 2. The number of hydrogen-bond acceptors (Lipinski definition) is 5. The number of carboxylic acids is 1. The Morgan fingerprint density at radius 1 is 1.28 bits per heavy atom. The summed E-state index contributed by atoms with van der Waals surface area (Å²) in [6, 6.07) is 8.59. The highest BCUT2D eigenvalue weighted by atomic mass is 32.2. The number of carboxylic acid groups (broad SMARTS) is 1. The van der Waals surface area contributed by atoms with E-state index >= 15 is 0 Å². The minimum Gasteiger partial charge on any atom is -0.492 e. The summed E-state index contributed by atoms with van der Waals surface area (Å²) in [7, 11) is -3.93. The van der Waals surface area contributed by atoms with Crippen molar-refractivity contribution in [1.82, 2.24) is 0 Å². The van der Waals surface area contributed by atoms with E-state index in [1.807, 2.05) is 12.1 Å². The van der Waals surface area contributed by atoms with Gasteiger partial charge in [0.15, 0.2) is 6.61 Å². The average molecular weight is 363 g/mol. The predicted molar refractivity (Wildman–Crippen MR) is 90.3 cm³/mol. The Kier molecular flexibility index (Phi) is 4.40. The van der Waals surface area contributed by atoms with Crippen molar-refractivity contribution < 1.29 is 27.8 Å². The van der Waals surface area contributed by atoms with Crippen molar-refractivity contribution in [2.45, 2.75) is 18.2 Å². The quantitative estimate of drug-likeness (QED) is 0.835. The molecule has 0 fully saturated rings. The lowest BCUT2D eigenvalue weighted by Gasteiger charge is -2.12. The van der Waals surface area contributed by atoms with Crippen LogP contribution in [0.4, 0.5) is 0 Å². The fraction of sp³-hybridized carbons (Fsp3) is 0.235. The zero-order valence-electron chi connectivity index (χ0n) is 13.5. The molecule has 8 heteroatoms. The van der Waals surface area contributed by atoms with E-state index in [1.54, 1.807) is 19.1 Å². The van der Waals surface area contributed by atoms with Crippen LogP contribution in [0.25, 0.3) is 11.1 Å². The first-order valence-electron chi connectivity index (χ1n) is 7.54. The lowest BCUT2D eigenvalue weighted by Crippen LogP contribution is -2.13. The molecular formula is C17H17NO6S. The van der Waals surface area contributed by atoms with E-state index in [2.05, 4.69) is 0 Å². The topological polar surface area (TPSA) is 116 Å². The molecule has 0 spiro atoms. The Morgan fingerprint density at radius 2 is 2.04 bits per heavy atom. The zero-order chi connectivity index (χ0) is 18.2. The number of primary sulfonamides is 1. The van der Waals surface area contributed by atoms with Gasteiger partial charge in [0, 0.05) is 6.42 Å². The summed E-state index contributed by atoms with van der Waals surface area (Å²) in [4.78, 5) is 10.7. The maximum absolute atomic E-state index is 11.9. The summed E-state index contributed by atoms with van der Waals surface area (Å²) >= 11 is 0. The van der Waals surface area contributed by atoms with E-state index in [9.17, 15) is 13.2 Å². The Hall–Kier alpha value is -2.58. The highest BCUT2D eigenvalue weighted by Gasteiger charge is 2.24. The smallest absolute Gasteiger partial charge is 0.341 e. The summed E-state index contributed by atoms with van der Waals surface area (Å²) in [5.41, 5.74) is 2.90. The van der Waals surface area contributed by atoms with Gasteiger partial charge in [0.05, 0.1) is 6.61 Å². The highest BCUT2D eigenvalue weighted by molar-refractivity contribution is 7.89. The number of fused-ring (bicyclic) bond motifs is 1. The van der Waals surface area contributed by atoms with Crippen LogP contribution in [0.3, 0.4) is 0 Å². The maximum atomic E-state index is 11.9. The van der Waals surface area contributed by atoms with Crippen LogP contribution in [-0.4, -0.2) is 32.7 Å². The van der Waals surface area contributed by atoms with Gasteiger partial charge in [-0.25, -0.2) is 18.4 Å². The number of carbonyl (C=O) groups is 1. The van der Waals surface area contributed by atoms with E-state index in [-0.39, 0.29) is 4.90 Å². The van der Waals surface area contributed by atoms with Gasteiger partial charge in [-0.15, -0.1) is 0 Å². The molecular weight excluding hydrogens is 346 g/mol. The fourth-order valence-corrected chi connectivity index (χ4v) is 3.46. The van der Waals surface area contributed by atoms with Crippen LogP contribution in [0.2, 0.25) is 0 Å². The van der Waals surface area contributed by atoms with Crippen molar-refractivity contribution >= 4 is 16.0 Å². The summed E-state index contributed by atoms with van der Waals surface area (Å²) < 4.78 is 34.5. The number of aryl methyl sites for hydroxylation is 1. The number of ether oxygens (including phenoxy) is 2. The Balaban J connectivity index is 2.08. The number of rotatable bonds is 5. The van der Waals surface area contributed by atoms with Crippen molar-refractivity contribution in [3.63, 3.8) is 0 Å². The summed E-state index contributed by atoms with van der Waals surface area (Å²) in [5, 5.41) is 14.1. The second-order valence-electron chi connectivity index (χ2n) is 5.77. The first kappa shape index (κ1) is 17.2. The van der Waals surface area contributed by atoms with Crippen molar-refractivity contribution in [2.24, 2.45) is 5.14 Å². The molecule has 1 aliphatic rings. The molecule has 2 aromatic rings. The second kappa shape index (κ2) is 6.38. The van der Waals surface area contributed by atoms with Crippen LogP contribution in [0.1, 0.15) is 11.1 Å². The van der Waals surface area contributed by atoms with Crippen LogP contribution < -0.4 is 14.6 Å². The average Bonchev–Trinajstić information content (AvgIpc) is 3.00. The lowest BCUT2D eigenvalue weighted by molar-refractivity contribution is -0.139. The number of aliphatic carboxylic acids is 1. The van der Waals surface area contributed by atoms with Crippen molar-refractivity contribution in [3.8, 4) is 22.6 Å². The van der Waals surface area contributed by atoms with Gasteiger partial charge in [-0.3, -0.25) is 0 Å². The summed E-state index contributed by atoms with van der Waals surface area (Å²) in [6.07, 6.45) is 0.597. The monoisotopic (exact) mass is 363 g/mol. The largest absolute Gasteiger partial charge is 0.492 e. The van der Waals surface area contributed by atoms with Gasteiger partial charge in [0.2, 0.25) is 10.0 Å². The van der Waals surface area contributed by atoms with Crippen molar-refractivity contribution in [1.29, 1.82) is 0 Å². The van der Waals surface area contributed by atoms with Gasteiger partial charge in [0.1, 0.15) is 16.4 Å². The third kappa shape index (κ3) is 3.59. The molecule has 1 aliphatic heterocycles. The number of sulfonamides is 1. The van der Waals surface area contributed by atoms with E-state index < -0.39 is 22.6 Å². The zero-order valence-corrected chi connectivity index (χ0v) is 14.3. The molecule has 0 saturated heterocycles. The highest BCUT2D eigenvalue weighted by Crippen LogP contribution is 2.37. The fourth-order valence-electron chi connectivity index (χ4n) is 2.73. The third-order valence-electron chi connectivity index (χ3n) is 3.93. The maximum Gasteiger partial charge on any atom is 0.341 e. The van der Waals surface area contributed by atoms with Crippen LogP contribution in [-0.2, 0) is 21.2 Å². The molecule has 2 aromatic carbocycles. The third-order valence-corrected chi connectivity index (χ3v) is 4.85. The Labute approximate surface area is 145 Å². The van der Waals surface area contributed by atoms with Crippen LogP contribution in [0.5, 0.6) is 11.5 Å². The Bertz CT molecular complexity index is 952. The van der Waals surface area contributed by atoms with Crippen LogP contribution in [0, 0.1) is 6.92 Å². The Morgan fingerprint density at radius 3 is 2.72 bits per heavy atom. The van der Waals surface area contributed by atoms with Gasteiger partial charge >= 0.3 is 5.97 Å². The molecule has 0 amide bonds.